The van der Waals surface area contributed by atoms with Gasteiger partial charge in [0.1, 0.15) is 0 Å². The fraction of sp³-hybridized carbons (Fsp3) is 0.625. The zero-order chi connectivity index (χ0) is 13.5. The lowest BCUT2D eigenvalue weighted by molar-refractivity contribution is 0.0258. The molecule has 3 nitrogen and oxygen atoms in total. The van der Waals surface area contributed by atoms with Crippen molar-refractivity contribution in [1.29, 1.82) is 0 Å². The molecule has 1 unspecified atom stereocenters. The summed E-state index contributed by atoms with van der Waals surface area (Å²) in [6, 6.07) is 8.80. The summed E-state index contributed by atoms with van der Waals surface area (Å²) in [6.07, 6.45) is 2.57. The van der Waals surface area contributed by atoms with Crippen LogP contribution in [0.1, 0.15) is 25.8 Å². The molecule has 1 aromatic carbocycles. The number of anilines is 1. The van der Waals surface area contributed by atoms with Crippen LogP contribution in [0.4, 0.5) is 5.69 Å². The van der Waals surface area contributed by atoms with Crippen molar-refractivity contribution < 1.29 is 4.74 Å². The molecule has 0 saturated carbocycles. The van der Waals surface area contributed by atoms with Crippen molar-refractivity contribution >= 4 is 5.69 Å². The van der Waals surface area contributed by atoms with Gasteiger partial charge in [-0.3, -0.25) is 0 Å². The number of morpholine rings is 1. The number of benzene rings is 1. The van der Waals surface area contributed by atoms with Gasteiger partial charge < -0.3 is 15.4 Å². The lowest BCUT2D eigenvalue weighted by Gasteiger charge is -2.23. The normalized spacial score (nSPS) is 19.6. The lowest BCUT2D eigenvalue weighted by atomic mass is 10.0. The fourth-order valence-electron chi connectivity index (χ4n) is 2.41. The maximum absolute atomic E-state index is 5.68. The first-order chi connectivity index (χ1) is 9.24. The molecule has 106 valence electrons. The van der Waals surface area contributed by atoms with E-state index in [9.17, 15) is 0 Å². The molecule has 1 fully saturated rings. The maximum Gasteiger partial charge on any atom is 0.0716 e. The molecule has 1 aliphatic rings. The summed E-state index contributed by atoms with van der Waals surface area (Å²) in [4.78, 5) is 0. The average molecular weight is 262 g/mol. The summed E-state index contributed by atoms with van der Waals surface area (Å²) in [6.45, 7) is 8.29. The number of hydrogen-bond donors (Lipinski definition) is 2. The van der Waals surface area contributed by atoms with E-state index < -0.39 is 0 Å². The van der Waals surface area contributed by atoms with Gasteiger partial charge in [-0.05, 0) is 36.5 Å². The van der Waals surface area contributed by atoms with E-state index in [-0.39, 0.29) is 0 Å². The molecule has 19 heavy (non-hydrogen) atoms. The van der Waals surface area contributed by atoms with Crippen molar-refractivity contribution in [2.24, 2.45) is 5.92 Å². The third-order valence-corrected chi connectivity index (χ3v) is 3.40. The maximum atomic E-state index is 5.68. The Morgan fingerprint density at radius 1 is 1.32 bits per heavy atom. The van der Waals surface area contributed by atoms with Gasteiger partial charge in [0.25, 0.3) is 0 Å². The van der Waals surface area contributed by atoms with Crippen molar-refractivity contribution in [2.75, 3.05) is 31.6 Å². The Kier molecular flexibility index (Phi) is 5.67. The number of rotatable bonds is 6. The van der Waals surface area contributed by atoms with Crippen LogP contribution >= 0.6 is 0 Å². The zero-order valence-electron chi connectivity index (χ0n) is 12.1. The van der Waals surface area contributed by atoms with Gasteiger partial charge in [-0.2, -0.15) is 0 Å². The molecule has 0 spiro atoms. The monoisotopic (exact) mass is 262 g/mol. The van der Waals surface area contributed by atoms with Crippen LogP contribution in [0, 0.1) is 5.92 Å². The van der Waals surface area contributed by atoms with Crippen molar-refractivity contribution in [3.63, 3.8) is 0 Å². The molecule has 0 bridgehead atoms. The highest BCUT2D eigenvalue weighted by Gasteiger charge is 2.12. The second kappa shape index (κ2) is 7.51. The standard InChI is InChI=1S/C16H26N2O/c1-13(2)11-14-3-5-15(6-4-14)18-8-7-16-12-17-9-10-19-16/h3-6,13,16-18H,7-12H2,1-2H3. The molecule has 0 amide bonds. The Labute approximate surface area is 116 Å². The quantitative estimate of drug-likeness (QED) is 0.827. The Balaban J connectivity index is 1.70. The van der Waals surface area contributed by atoms with Crippen LogP contribution in [0.25, 0.3) is 0 Å². The van der Waals surface area contributed by atoms with Crippen LogP contribution < -0.4 is 10.6 Å². The van der Waals surface area contributed by atoms with Crippen LogP contribution in [0.2, 0.25) is 0 Å². The Morgan fingerprint density at radius 2 is 2.11 bits per heavy atom. The fourth-order valence-corrected chi connectivity index (χ4v) is 2.41. The summed E-state index contributed by atoms with van der Waals surface area (Å²) in [5.74, 6) is 0.717. The topological polar surface area (TPSA) is 33.3 Å². The van der Waals surface area contributed by atoms with Crippen LogP contribution in [0.15, 0.2) is 24.3 Å². The largest absolute Gasteiger partial charge is 0.385 e. The summed E-state index contributed by atoms with van der Waals surface area (Å²) < 4.78 is 5.68. The molecule has 1 aromatic rings. The van der Waals surface area contributed by atoms with Gasteiger partial charge in [-0.1, -0.05) is 26.0 Å². The van der Waals surface area contributed by atoms with Gasteiger partial charge >= 0.3 is 0 Å². The molecule has 0 radical (unpaired) electrons. The summed E-state index contributed by atoms with van der Waals surface area (Å²) in [7, 11) is 0. The molecule has 1 heterocycles. The van der Waals surface area contributed by atoms with Crippen LogP contribution in [-0.4, -0.2) is 32.3 Å². The lowest BCUT2D eigenvalue weighted by Crippen LogP contribution is -2.39. The van der Waals surface area contributed by atoms with Gasteiger partial charge in [-0.15, -0.1) is 0 Å². The van der Waals surface area contributed by atoms with E-state index in [1.165, 1.54) is 11.3 Å². The highest BCUT2D eigenvalue weighted by molar-refractivity contribution is 5.44. The number of hydrogen-bond acceptors (Lipinski definition) is 3. The minimum atomic E-state index is 0.362. The third kappa shape index (κ3) is 5.21. The van der Waals surface area contributed by atoms with E-state index in [4.69, 9.17) is 4.74 Å². The van der Waals surface area contributed by atoms with E-state index in [0.717, 1.165) is 45.0 Å². The second-order valence-electron chi connectivity index (χ2n) is 5.71. The van der Waals surface area contributed by atoms with Gasteiger partial charge in [0.2, 0.25) is 0 Å². The molecule has 0 aliphatic carbocycles. The highest BCUT2D eigenvalue weighted by atomic mass is 16.5. The molecule has 1 atom stereocenters. The van der Waals surface area contributed by atoms with Crippen LogP contribution in [0.5, 0.6) is 0 Å². The Hall–Kier alpha value is -1.06. The zero-order valence-corrected chi connectivity index (χ0v) is 12.1. The first-order valence-corrected chi connectivity index (χ1v) is 7.39. The van der Waals surface area contributed by atoms with Crippen molar-refractivity contribution in [3.8, 4) is 0 Å². The van der Waals surface area contributed by atoms with Crippen molar-refractivity contribution in [2.45, 2.75) is 32.8 Å². The molecule has 2 rings (SSSR count). The molecule has 1 aliphatic heterocycles. The van der Waals surface area contributed by atoms with Crippen molar-refractivity contribution in [1.82, 2.24) is 5.32 Å². The first-order valence-electron chi connectivity index (χ1n) is 7.39. The SMILES string of the molecule is CC(C)Cc1ccc(NCCC2CNCCO2)cc1. The minimum absolute atomic E-state index is 0.362. The van der Waals surface area contributed by atoms with E-state index in [2.05, 4.69) is 48.7 Å². The van der Waals surface area contributed by atoms with E-state index in [1.807, 2.05) is 0 Å². The third-order valence-electron chi connectivity index (χ3n) is 3.40. The predicted octanol–water partition coefficient (Wildman–Crippen LogP) is 2.68. The second-order valence-corrected chi connectivity index (χ2v) is 5.71. The first kappa shape index (κ1) is 14.4. The number of nitrogens with one attached hydrogen (secondary N) is 2. The minimum Gasteiger partial charge on any atom is -0.385 e. The summed E-state index contributed by atoms with van der Waals surface area (Å²) >= 11 is 0. The molecular weight excluding hydrogens is 236 g/mol. The molecule has 3 heteroatoms. The van der Waals surface area contributed by atoms with Gasteiger partial charge in [0.05, 0.1) is 12.7 Å². The van der Waals surface area contributed by atoms with Crippen LogP contribution in [0.3, 0.4) is 0 Å². The molecule has 2 N–H and O–H groups in total. The van der Waals surface area contributed by atoms with E-state index in [0.29, 0.717) is 6.10 Å². The van der Waals surface area contributed by atoms with Crippen molar-refractivity contribution in [3.05, 3.63) is 29.8 Å². The van der Waals surface area contributed by atoms with Crippen LogP contribution in [-0.2, 0) is 11.2 Å². The summed E-state index contributed by atoms with van der Waals surface area (Å²) in [5.41, 5.74) is 2.62. The van der Waals surface area contributed by atoms with Gasteiger partial charge in [-0.25, -0.2) is 0 Å². The summed E-state index contributed by atoms with van der Waals surface area (Å²) in [5, 5.41) is 6.82. The smallest absolute Gasteiger partial charge is 0.0716 e. The Morgan fingerprint density at radius 3 is 2.74 bits per heavy atom. The molecule has 1 saturated heterocycles. The highest BCUT2D eigenvalue weighted by Crippen LogP contribution is 2.13. The van der Waals surface area contributed by atoms with E-state index >= 15 is 0 Å². The predicted molar refractivity (Wildman–Crippen MR) is 80.7 cm³/mol. The van der Waals surface area contributed by atoms with E-state index in [1.54, 1.807) is 0 Å². The van der Waals surface area contributed by atoms with Gasteiger partial charge in [0, 0.05) is 25.3 Å². The molecule has 0 aromatic heterocycles. The number of ether oxygens (including phenoxy) is 1. The average Bonchev–Trinajstić information content (AvgIpc) is 2.41. The molecular formula is C16H26N2O. The Bertz CT molecular complexity index is 356. The van der Waals surface area contributed by atoms with Gasteiger partial charge in [0.15, 0.2) is 0 Å².